The first-order valence-corrected chi connectivity index (χ1v) is 6.36. The van der Waals surface area contributed by atoms with Gasteiger partial charge in [0.25, 0.3) is 0 Å². The molecule has 1 heterocycles. The smallest absolute Gasteiger partial charge is 0.0992 e. The number of nitriles is 1. The number of anilines is 1. The van der Waals surface area contributed by atoms with Gasteiger partial charge in [0.1, 0.15) is 0 Å². The molecule has 1 N–H and O–H groups in total. The highest BCUT2D eigenvalue weighted by molar-refractivity contribution is 9.10. The van der Waals surface area contributed by atoms with Gasteiger partial charge in [0.05, 0.1) is 17.8 Å². The van der Waals surface area contributed by atoms with Gasteiger partial charge in [-0.05, 0) is 40.5 Å². The number of hydrogen-bond donors (Lipinski definition) is 1. The molecule has 0 aliphatic heterocycles. The van der Waals surface area contributed by atoms with E-state index in [1.165, 1.54) is 0 Å². The van der Waals surface area contributed by atoms with Crippen molar-refractivity contribution in [3.8, 4) is 6.07 Å². The summed E-state index contributed by atoms with van der Waals surface area (Å²) >= 11 is 3.44. The Balaban J connectivity index is 1.82. The second-order valence-electron chi connectivity index (χ2n) is 3.75. The molecule has 18 heavy (non-hydrogen) atoms. The largest absolute Gasteiger partial charge is 0.384 e. The van der Waals surface area contributed by atoms with Crippen LogP contribution in [0.3, 0.4) is 0 Å². The van der Waals surface area contributed by atoms with Gasteiger partial charge in [0.15, 0.2) is 0 Å². The van der Waals surface area contributed by atoms with Gasteiger partial charge >= 0.3 is 0 Å². The number of rotatable bonds is 5. The lowest BCUT2D eigenvalue weighted by atomic mass is 10.2. The topological polar surface area (TPSA) is 66.5 Å². The molecule has 0 aliphatic carbocycles. The predicted molar refractivity (Wildman–Crippen MR) is 72.0 cm³/mol. The van der Waals surface area contributed by atoms with Crippen molar-refractivity contribution in [2.24, 2.45) is 0 Å². The van der Waals surface area contributed by atoms with Crippen LogP contribution in [0.15, 0.2) is 35.1 Å². The van der Waals surface area contributed by atoms with Gasteiger partial charge in [-0.15, -0.1) is 5.10 Å². The van der Waals surface area contributed by atoms with E-state index in [4.69, 9.17) is 5.26 Å². The van der Waals surface area contributed by atoms with Crippen LogP contribution >= 0.6 is 15.9 Å². The first-order chi connectivity index (χ1) is 8.79. The van der Waals surface area contributed by atoms with E-state index in [9.17, 15) is 0 Å². The fourth-order valence-corrected chi connectivity index (χ4v) is 2.06. The molecule has 0 saturated carbocycles. The minimum absolute atomic E-state index is 0.648. The molecule has 0 amide bonds. The van der Waals surface area contributed by atoms with Crippen LogP contribution in [0.1, 0.15) is 12.0 Å². The van der Waals surface area contributed by atoms with Crippen molar-refractivity contribution in [1.29, 1.82) is 5.26 Å². The summed E-state index contributed by atoms with van der Waals surface area (Å²) in [5, 5.41) is 19.7. The molecular weight excluding hydrogens is 294 g/mol. The van der Waals surface area contributed by atoms with E-state index < -0.39 is 0 Å². The number of benzene rings is 1. The van der Waals surface area contributed by atoms with Gasteiger partial charge in [-0.25, -0.2) is 0 Å². The van der Waals surface area contributed by atoms with Crippen molar-refractivity contribution >= 4 is 21.6 Å². The summed E-state index contributed by atoms with van der Waals surface area (Å²) < 4.78 is 2.71. The second-order valence-corrected chi connectivity index (χ2v) is 4.61. The number of nitrogens with zero attached hydrogens (tertiary/aromatic N) is 4. The molecular formula is C12H12BrN5. The van der Waals surface area contributed by atoms with Gasteiger partial charge < -0.3 is 5.32 Å². The van der Waals surface area contributed by atoms with Gasteiger partial charge in [-0.2, -0.15) is 5.26 Å². The minimum Gasteiger partial charge on any atom is -0.384 e. The summed E-state index contributed by atoms with van der Waals surface area (Å²) in [6.07, 6.45) is 4.47. The summed E-state index contributed by atoms with van der Waals surface area (Å²) in [5.74, 6) is 0. The van der Waals surface area contributed by atoms with Crippen molar-refractivity contribution in [2.45, 2.75) is 13.0 Å². The maximum atomic E-state index is 8.77. The lowest BCUT2D eigenvalue weighted by Crippen LogP contribution is -2.07. The molecule has 0 fully saturated rings. The Morgan fingerprint density at radius 2 is 2.33 bits per heavy atom. The number of hydrogen-bond acceptors (Lipinski definition) is 4. The van der Waals surface area contributed by atoms with Crippen molar-refractivity contribution in [2.75, 3.05) is 11.9 Å². The van der Waals surface area contributed by atoms with Crippen molar-refractivity contribution < 1.29 is 0 Å². The molecule has 2 aromatic rings. The third-order valence-corrected chi connectivity index (χ3v) is 3.11. The Morgan fingerprint density at radius 3 is 3.00 bits per heavy atom. The molecule has 1 aromatic heterocycles. The molecule has 92 valence electrons. The monoisotopic (exact) mass is 305 g/mol. The second kappa shape index (κ2) is 6.17. The molecule has 0 radical (unpaired) electrons. The molecule has 0 unspecified atom stereocenters. The molecule has 1 aromatic carbocycles. The molecule has 0 bridgehead atoms. The summed E-state index contributed by atoms with van der Waals surface area (Å²) in [6.45, 7) is 1.67. The van der Waals surface area contributed by atoms with E-state index in [1.54, 1.807) is 23.0 Å². The Morgan fingerprint density at radius 1 is 1.44 bits per heavy atom. The highest BCUT2D eigenvalue weighted by Crippen LogP contribution is 2.23. The van der Waals surface area contributed by atoms with Crippen LogP contribution in [0.2, 0.25) is 0 Å². The van der Waals surface area contributed by atoms with E-state index in [2.05, 4.69) is 37.6 Å². The lowest BCUT2D eigenvalue weighted by molar-refractivity contribution is 0.570. The Hall–Kier alpha value is -1.87. The first kappa shape index (κ1) is 12.6. The zero-order valence-corrected chi connectivity index (χ0v) is 11.3. The van der Waals surface area contributed by atoms with Crippen LogP contribution in [-0.4, -0.2) is 21.5 Å². The predicted octanol–water partition coefficient (Wildman–Crippen LogP) is 2.41. The van der Waals surface area contributed by atoms with E-state index in [0.717, 1.165) is 29.7 Å². The summed E-state index contributed by atoms with van der Waals surface area (Å²) in [5.41, 5.74) is 1.64. The normalized spacial score (nSPS) is 10.0. The molecule has 0 saturated heterocycles. The van der Waals surface area contributed by atoms with Crippen LogP contribution in [0.25, 0.3) is 0 Å². The van der Waals surface area contributed by atoms with Crippen LogP contribution in [0.4, 0.5) is 5.69 Å². The number of nitrogens with one attached hydrogen (secondary N) is 1. The average Bonchev–Trinajstić information content (AvgIpc) is 2.89. The molecule has 2 rings (SSSR count). The third-order valence-electron chi connectivity index (χ3n) is 2.45. The average molecular weight is 306 g/mol. The Kier molecular flexibility index (Phi) is 4.31. The molecule has 6 heteroatoms. The maximum Gasteiger partial charge on any atom is 0.0992 e. The van der Waals surface area contributed by atoms with E-state index in [1.807, 2.05) is 12.3 Å². The van der Waals surface area contributed by atoms with Crippen LogP contribution in [0.5, 0.6) is 0 Å². The van der Waals surface area contributed by atoms with Crippen LogP contribution in [0, 0.1) is 11.3 Å². The maximum absolute atomic E-state index is 8.77. The highest BCUT2D eigenvalue weighted by Gasteiger charge is 2.00. The van der Waals surface area contributed by atoms with E-state index in [0.29, 0.717) is 5.56 Å². The van der Waals surface area contributed by atoms with Gasteiger partial charge in [-0.1, -0.05) is 5.21 Å². The van der Waals surface area contributed by atoms with Gasteiger partial charge in [0.2, 0.25) is 0 Å². The SMILES string of the molecule is N#Cc1ccc(NCCCn2ccnn2)c(Br)c1. The molecule has 5 nitrogen and oxygen atoms in total. The van der Waals surface area contributed by atoms with Crippen molar-refractivity contribution in [1.82, 2.24) is 15.0 Å². The quantitative estimate of drug-likeness (QED) is 0.862. The fourth-order valence-electron chi connectivity index (χ4n) is 1.54. The van der Waals surface area contributed by atoms with Crippen LogP contribution in [-0.2, 0) is 6.54 Å². The van der Waals surface area contributed by atoms with Gasteiger partial charge in [-0.3, -0.25) is 4.68 Å². The number of aromatic nitrogens is 3. The first-order valence-electron chi connectivity index (χ1n) is 5.57. The van der Waals surface area contributed by atoms with Crippen molar-refractivity contribution in [3.05, 3.63) is 40.6 Å². The summed E-state index contributed by atoms with van der Waals surface area (Å²) in [6, 6.07) is 7.61. The van der Waals surface area contributed by atoms with Crippen LogP contribution < -0.4 is 5.32 Å². The number of halogens is 1. The zero-order chi connectivity index (χ0) is 12.8. The standard InChI is InChI=1S/C12H12BrN5/c13-11-8-10(9-14)2-3-12(11)15-4-1-6-18-7-5-16-17-18/h2-3,5,7-8,15H,1,4,6H2. The van der Waals surface area contributed by atoms with Crippen molar-refractivity contribution in [3.63, 3.8) is 0 Å². The minimum atomic E-state index is 0.648. The summed E-state index contributed by atoms with van der Waals surface area (Å²) in [4.78, 5) is 0. The Bertz CT molecular complexity index is 544. The van der Waals surface area contributed by atoms with E-state index in [-0.39, 0.29) is 0 Å². The molecule has 0 aliphatic rings. The van der Waals surface area contributed by atoms with Gasteiger partial charge in [0, 0.05) is 29.4 Å². The molecule has 0 spiro atoms. The number of aryl methyl sites for hydroxylation is 1. The fraction of sp³-hybridized carbons (Fsp3) is 0.250. The highest BCUT2D eigenvalue weighted by atomic mass is 79.9. The summed E-state index contributed by atoms with van der Waals surface area (Å²) in [7, 11) is 0. The lowest BCUT2D eigenvalue weighted by Gasteiger charge is -2.08. The molecule has 0 atom stereocenters. The third kappa shape index (κ3) is 3.31. The Labute approximate surface area is 114 Å². The van der Waals surface area contributed by atoms with E-state index >= 15 is 0 Å². The zero-order valence-electron chi connectivity index (χ0n) is 9.67.